The zero-order valence-corrected chi connectivity index (χ0v) is 20.1. The summed E-state index contributed by atoms with van der Waals surface area (Å²) in [5.74, 6) is -1.99. The van der Waals surface area contributed by atoms with E-state index in [1.165, 1.54) is 0 Å². The second-order valence-corrected chi connectivity index (χ2v) is 9.94. The van der Waals surface area contributed by atoms with Crippen LogP contribution >= 0.6 is 0 Å². The van der Waals surface area contributed by atoms with Gasteiger partial charge in [-0.2, -0.15) is 0 Å². The second-order valence-electron chi connectivity index (χ2n) is 9.94. The van der Waals surface area contributed by atoms with Crippen molar-refractivity contribution in [3.8, 4) is 0 Å². The van der Waals surface area contributed by atoms with E-state index in [0.29, 0.717) is 56.9 Å². The molecule has 1 aromatic carbocycles. The largest absolute Gasteiger partial charge is 0.375 e. The second kappa shape index (κ2) is 10.1. The Kier molecular flexibility index (Phi) is 6.87. The first-order valence-corrected chi connectivity index (χ1v) is 12.5. The summed E-state index contributed by atoms with van der Waals surface area (Å²) < 4.78 is 5.86. The summed E-state index contributed by atoms with van der Waals surface area (Å²) in [7, 11) is 0. The van der Waals surface area contributed by atoms with Gasteiger partial charge in [-0.05, 0) is 30.9 Å². The van der Waals surface area contributed by atoms with Crippen molar-refractivity contribution in [3.05, 3.63) is 34.9 Å². The van der Waals surface area contributed by atoms with Gasteiger partial charge in [-0.3, -0.25) is 39.1 Å². The molecule has 0 bridgehead atoms. The fourth-order valence-corrected chi connectivity index (χ4v) is 5.48. The maximum absolute atomic E-state index is 13.3. The molecule has 5 amide bonds. The van der Waals surface area contributed by atoms with E-state index in [0.717, 1.165) is 17.7 Å². The minimum absolute atomic E-state index is 0.0648. The lowest BCUT2D eigenvalue weighted by molar-refractivity contribution is -0.138. The molecule has 0 saturated carbocycles. The van der Waals surface area contributed by atoms with Crippen molar-refractivity contribution in [3.63, 3.8) is 0 Å². The number of piperidine rings is 2. The maximum Gasteiger partial charge on any atom is 0.262 e. The Labute approximate surface area is 208 Å². The maximum atomic E-state index is 13.3. The summed E-state index contributed by atoms with van der Waals surface area (Å²) in [6.45, 7) is 3.39. The molecule has 3 N–H and O–H groups in total. The van der Waals surface area contributed by atoms with Gasteiger partial charge in [-0.1, -0.05) is 12.1 Å². The number of ether oxygens (including phenoxy) is 1. The number of nitrogens with two attached hydrogens (primary N) is 1. The third-order valence-corrected chi connectivity index (χ3v) is 7.47. The molecule has 3 saturated heterocycles. The monoisotopic (exact) mass is 497 g/mol. The number of likely N-dealkylation sites (tertiary alicyclic amines) is 1. The molecule has 11 heteroatoms. The molecule has 0 aromatic heterocycles. The van der Waals surface area contributed by atoms with Crippen LogP contribution in [-0.4, -0.2) is 95.2 Å². The van der Waals surface area contributed by atoms with E-state index < -0.39 is 29.7 Å². The minimum atomic E-state index is -0.994. The van der Waals surface area contributed by atoms with Gasteiger partial charge in [0.05, 0.1) is 30.3 Å². The van der Waals surface area contributed by atoms with E-state index in [1.807, 2.05) is 11.0 Å². The molecule has 2 unspecified atom stereocenters. The Morgan fingerprint density at radius 1 is 1.06 bits per heavy atom. The number of nitrogens with one attached hydrogen (secondary N) is 1. The number of fused-ring (bicyclic) bond motifs is 1. The minimum Gasteiger partial charge on any atom is -0.375 e. The van der Waals surface area contributed by atoms with Crippen LogP contribution in [0.4, 0.5) is 0 Å². The third-order valence-electron chi connectivity index (χ3n) is 7.47. The van der Waals surface area contributed by atoms with E-state index >= 15 is 0 Å². The highest BCUT2D eigenvalue weighted by Gasteiger charge is 2.45. The molecule has 2 atom stereocenters. The molecule has 4 aliphatic rings. The van der Waals surface area contributed by atoms with Gasteiger partial charge in [-0.15, -0.1) is 0 Å². The number of rotatable bonds is 5. The molecule has 11 nitrogen and oxygen atoms in total. The first-order chi connectivity index (χ1) is 17.3. The van der Waals surface area contributed by atoms with Crippen molar-refractivity contribution in [1.82, 2.24) is 20.0 Å². The van der Waals surface area contributed by atoms with Crippen LogP contribution in [0.3, 0.4) is 0 Å². The predicted molar refractivity (Wildman–Crippen MR) is 127 cm³/mol. The molecule has 4 heterocycles. The highest BCUT2D eigenvalue weighted by atomic mass is 16.5. The lowest BCUT2D eigenvalue weighted by Gasteiger charge is -2.35. The summed E-state index contributed by atoms with van der Waals surface area (Å²) in [5.41, 5.74) is 7.21. The van der Waals surface area contributed by atoms with E-state index in [2.05, 4.69) is 10.2 Å². The predicted octanol–water partition coefficient (Wildman–Crippen LogP) is -0.372. The zero-order chi connectivity index (χ0) is 25.4. The van der Waals surface area contributed by atoms with E-state index in [-0.39, 0.29) is 36.5 Å². The molecular formula is C25H31N5O6. The average molecular weight is 498 g/mol. The molecular weight excluding hydrogens is 466 g/mol. The van der Waals surface area contributed by atoms with Crippen molar-refractivity contribution in [1.29, 1.82) is 0 Å². The van der Waals surface area contributed by atoms with Crippen LogP contribution in [0.2, 0.25) is 0 Å². The molecule has 4 aliphatic heterocycles. The highest BCUT2D eigenvalue weighted by Crippen LogP contribution is 2.31. The number of carbonyl (C=O) groups excluding carboxylic acids is 5. The smallest absolute Gasteiger partial charge is 0.262 e. The number of amides is 5. The third kappa shape index (κ3) is 4.78. The fraction of sp³-hybridized carbons (Fsp3) is 0.560. The van der Waals surface area contributed by atoms with Crippen molar-refractivity contribution >= 4 is 29.5 Å². The Balaban J connectivity index is 1.26. The van der Waals surface area contributed by atoms with Crippen molar-refractivity contribution in [2.24, 2.45) is 5.73 Å². The first kappa shape index (κ1) is 24.5. The number of morpholine rings is 1. The standard InChI is InChI=1S/C25H31N5O6/c26-16-6-8-29(9-7-16)21(32)12-17-14-28(10-11-36-17)13-15-2-1-3-18-22(15)25(35)30(24(18)34)19-4-5-20(31)27-23(19)33/h1-3,16-17,19H,4-14,26H2,(H,27,31,33). The van der Waals surface area contributed by atoms with Crippen molar-refractivity contribution in [2.75, 3.05) is 32.8 Å². The number of hydrogen-bond donors (Lipinski definition) is 2. The Morgan fingerprint density at radius 2 is 1.83 bits per heavy atom. The van der Waals surface area contributed by atoms with Crippen LogP contribution in [-0.2, 0) is 25.7 Å². The normalized spacial score (nSPS) is 25.8. The Hall–Kier alpha value is -3.15. The molecule has 3 fully saturated rings. The van der Waals surface area contributed by atoms with Gasteiger partial charge in [-0.25, -0.2) is 0 Å². The van der Waals surface area contributed by atoms with Crippen LogP contribution < -0.4 is 11.1 Å². The van der Waals surface area contributed by atoms with Gasteiger partial charge < -0.3 is 15.4 Å². The molecule has 36 heavy (non-hydrogen) atoms. The molecule has 0 radical (unpaired) electrons. The Morgan fingerprint density at radius 3 is 2.58 bits per heavy atom. The Bertz CT molecular complexity index is 1100. The van der Waals surface area contributed by atoms with Gasteiger partial charge in [0.2, 0.25) is 17.7 Å². The first-order valence-electron chi connectivity index (χ1n) is 12.5. The number of hydrogen-bond acceptors (Lipinski definition) is 8. The van der Waals surface area contributed by atoms with Gasteiger partial charge in [0.15, 0.2) is 0 Å². The van der Waals surface area contributed by atoms with E-state index in [4.69, 9.17) is 10.5 Å². The van der Waals surface area contributed by atoms with Crippen molar-refractivity contribution in [2.45, 2.75) is 56.8 Å². The van der Waals surface area contributed by atoms with Crippen LogP contribution in [0.25, 0.3) is 0 Å². The van der Waals surface area contributed by atoms with Crippen LogP contribution in [0.1, 0.15) is 58.4 Å². The number of carbonyl (C=O) groups is 5. The van der Waals surface area contributed by atoms with Gasteiger partial charge in [0.1, 0.15) is 6.04 Å². The topological polar surface area (TPSA) is 142 Å². The van der Waals surface area contributed by atoms with Gasteiger partial charge in [0.25, 0.3) is 11.8 Å². The number of nitrogens with zero attached hydrogens (tertiary/aromatic N) is 3. The van der Waals surface area contributed by atoms with Gasteiger partial charge in [0, 0.05) is 45.2 Å². The van der Waals surface area contributed by atoms with Crippen molar-refractivity contribution < 1.29 is 28.7 Å². The molecule has 192 valence electrons. The lowest BCUT2D eigenvalue weighted by atomic mass is 10.0. The molecule has 1 aromatic rings. The number of benzene rings is 1. The quantitative estimate of drug-likeness (QED) is 0.525. The van der Waals surface area contributed by atoms with Crippen LogP contribution in [0.5, 0.6) is 0 Å². The van der Waals surface area contributed by atoms with Crippen LogP contribution in [0.15, 0.2) is 18.2 Å². The highest BCUT2D eigenvalue weighted by molar-refractivity contribution is 6.24. The van der Waals surface area contributed by atoms with Gasteiger partial charge >= 0.3 is 0 Å². The summed E-state index contributed by atoms with van der Waals surface area (Å²) in [6, 6.07) is 4.30. The zero-order valence-electron chi connectivity index (χ0n) is 20.1. The van der Waals surface area contributed by atoms with E-state index in [1.54, 1.807) is 12.1 Å². The average Bonchev–Trinajstić information content (AvgIpc) is 3.10. The van der Waals surface area contributed by atoms with Crippen LogP contribution in [0, 0.1) is 0 Å². The molecule has 0 aliphatic carbocycles. The molecule has 5 rings (SSSR count). The fourth-order valence-electron chi connectivity index (χ4n) is 5.48. The molecule has 0 spiro atoms. The summed E-state index contributed by atoms with van der Waals surface area (Å²) in [5, 5.41) is 2.22. The summed E-state index contributed by atoms with van der Waals surface area (Å²) in [6.07, 6.45) is 1.86. The summed E-state index contributed by atoms with van der Waals surface area (Å²) in [4.78, 5) is 68.0. The summed E-state index contributed by atoms with van der Waals surface area (Å²) >= 11 is 0. The number of imide groups is 2. The van der Waals surface area contributed by atoms with E-state index in [9.17, 15) is 24.0 Å². The lowest BCUT2D eigenvalue weighted by Crippen LogP contribution is -2.54. The SMILES string of the molecule is NC1CCN(C(=O)CC2CN(Cc3cccc4c3C(=O)N(C3CCC(=O)NC3=O)C4=O)CCO2)CC1.